The van der Waals surface area contributed by atoms with Crippen molar-refractivity contribution in [1.82, 2.24) is 5.32 Å². The average Bonchev–Trinajstić information content (AvgIpc) is 2.70. The molecule has 148 valence electrons. The van der Waals surface area contributed by atoms with Crippen LogP contribution >= 0.6 is 0 Å². The molecule has 0 aromatic heterocycles. The summed E-state index contributed by atoms with van der Waals surface area (Å²) >= 11 is 0. The molecule has 2 N–H and O–H groups in total. The van der Waals surface area contributed by atoms with Crippen LogP contribution in [0.4, 0.5) is 0 Å². The lowest BCUT2D eigenvalue weighted by Gasteiger charge is -2.25. The number of para-hydroxylation sites is 1. The van der Waals surface area contributed by atoms with Gasteiger partial charge in [0.05, 0.1) is 6.04 Å². The maximum atomic E-state index is 12.3. The molecule has 0 saturated heterocycles. The van der Waals surface area contributed by atoms with E-state index in [-0.39, 0.29) is 23.3 Å². The Morgan fingerprint density at radius 3 is 2.54 bits per heavy atom. The van der Waals surface area contributed by atoms with Crippen LogP contribution in [0.1, 0.15) is 35.8 Å². The van der Waals surface area contributed by atoms with Crippen molar-refractivity contribution in [1.29, 1.82) is 0 Å². The Balaban J connectivity index is 1.63. The van der Waals surface area contributed by atoms with Crippen LogP contribution < -0.4 is 14.8 Å². The molecule has 0 spiro atoms. The minimum Gasteiger partial charge on any atom is -0.507 e. The fraction of sp³-hybridized carbons (Fsp3) is 0.333. The Bertz CT molecular complexity index is 864. The molecule has 0 fully saturated rings. The fourth-order valence-corrected chi connectivity index (χ4v) is 2.96. The third kappa shape index (κ3) is 4.54. The van der Waals surface area contributed by atoms with Crippen LogP contribution in [0.25, 0.3) is 0 Å². The standard InChI is InChI=1S/C21H23NO6/c1-13(2)20(14-7-8-17-18(11-14)27-10-9-26-17)22-19(24)12-28-21(25)15-5-3-4-6-16(15)23/h3-8,11,13,20,23H,9-10,12H2,1-2H3,(H,22,24). The molecule has 1 heterocycles. The number of aromatic hydroxyl groups is 1. The largest absolute Gasteiger partial charge is 0.507 e. The lowest BCUT2D eigenvalue weighted by atomic mass is 9.95. The van der Waals surface area contributed by atoms with E-state index in [1.165, 1.54) is 12.1 Å². The molecule has 1 amide bonds. The first kappa shape index (κ1) is 19.5. The Morgan fingerprint density at radius 2 is 1.82 bits per heavy atom. The van der Waals surface area contributed by atoms with Crippen molar-refractivity contribution in [3.05, 3.63) is 53.6 Å². The SMILES string of the molecule is CC(C)C(NC(=O)COC(=O)c1ccccc1O)c1ccc2c(c1)OCCO2. The number of nitrogens with one attached hydrogen (secondary N) is 1. The zero-order valence-electron chi connectivity index (χ0n) is 15.8. The Hall–Kier alpha value is -3.22. The van der Waals surface area contributed by atoms with Crippen molar-refractivity contribution in [3.63, 3.8) is 0 Å². The van der Waals surface area contributed by atoms with Gasteiger partial charge in [-0.1, -0.05) is 32.0 Å². The van der Waals surface area contributed by atoms with Crippen molar-refractivity contribution in [2.24, 2.45) is 5.92 Å². The number of ether oxygens (including phenoxy) is 3. The van der Waals surface area contributed by atoms with Crippen LogP contribution in [-0.2, 0) is 9.53 Å². The molecule has 0 saturated carbocycles. The number of carbonyl (C=O) groups is 2. The molecule has 7 nitrogen and oxygen atoms in total. The summed E-state index contributed by atoms with van der Waals surface area (Å²) in [6, 6.07) is 11.3. The Labute approximate surface area is 163 Å². The third-order valence-electron chi connectivity index (χ3n) is 4.37. The molecule has 1 aliphatic heterocycles. The molecule has 0 aliphatic carbocycles. The minimum absolute atomic E-state index is 0.0162. The van der Waals surface area contributed by atoms with Crippen LogP contribution in [0.5, 0.6) is 17.2 Å². The van der Waals surface area contributed by atoms with Gasteiger partial charge < -0.3 is 24.6 Å². The number of amides is 1. The van der Waals surface area contributed by atoms with E-state index in [9.17, 15) is 14.7 Å². The smallest absolute Gasteiger partial charge is 0.342 e. The van der Waals surface area contributed by atoms with E-state index in [1.807, 2.05) is 32.0 Å². The second-order valence-corrected chi connectivity index (χ2v) is 6.79. The van der Waals surface area contributed by atoms with Gasteiger partial charge >= 0.3 is 5.97 Å². The van der Waals surface area contributed by atoms with Crippen LogP contribution in [0.15, 0.2) is 42.5 Å². The molecule has 1 atom stereocenters. The highest BCUT2D eigenvalue weighted by Crippen LogP contribution is 2.34. The van der Waals surface area contributed by atoms with Gasteiger partial charge in [-0.05, 0) is 35.7 Å². The number of hydrogen-bond acceptors (Lipinski definition) is 6. The van der Waals surface area contributed by atoms with Gasteiger partial charge in [-0.25, -0.2) is 4.79 Å². The van der Waals surface area contributed by atoms with Gasteiger partial charge in [0.25, 0.3) is 5.91 Å². The van der Waals surface area contributed by atoms with Crippen molar-refractivity contribution < 1.29 is 28.9 Å². The summed E-state index contributed by atoms with van der Waals surface area (Å²) in [4.78, 5) is 24.4. The molecule has 28 heavy (non-hydrogen) atoms. The van der Waals surface area contributed by atoms with Crippen molar-refractivity contribution in [2.45, 2.75) is 19.9 Å². The summed E-state index contributed by atoms with van der Waals surface area (Å²) in [6.45, 7) is 4.52. The second-order valence-electron chi connectivity index (χ2n) is 6.79. The van der Waals surface area contributed by atoms with Crippen LogP contribution in [0, 0.1) is 5.92 Å². The molecule has 2 aromatic carbocycles. The van der Waals surface area contributed by atoms with E-state index in [0.29, 0.717) is 24.7 Å². The number of phenolic OH excluding ortho intramolecular Hbond substituents is 1. The highest BCUT2D eigenvalue weighted by atomic mass is 16.6. The first-order valence-electron chi connectivity index (χ1n) is 9.09. The van der Waals surface area contributed by atoms with Gasteiger partial charge in [-0.3, -0.25) is 4.79 Å². The van der Waals surface area contributed by atoms with Crippen LogP contribution in [0.2, 0.25) is 0 Å². The fourth-order valence-electron chi connectivity index (χ4n) is 2.96. The molecular weight excluding hydrogens is 362 g/mol. The monoisotopic (exact) mass is 385 g/mol. The summed E-state index contributed by atoms with van der Waals surface area (Å²) in [7, 11) is 0. The molecule has 3 rings (SSSR count). The number of hydrogen-bond donors (Lipinski definition) is 2. The summed E-state index contributed by atoms with van der Waals surface area (Å²) < 4.78 is 16.2. The molecule has 1 unspecified atom stereocenters. The molecular formula is C21H23NO6. The van der Waals surface area contributed by atoms with Crippen molar-refractivity contribution >= 4 is 11.9 Å². The predicted octanol–water partition coefficient (Wildman–Crippen LogP) is 2.83. The van der Waals surface area contributed by atoms with Crippen molar-refractivity contribution in [3.8, 4) is 17.2 Å². The van der Waals surface area contributed by atoms with Crippen LogP contribution in [0.3, 0.4) is 0 Å². The maximum absolute atomic E-state index is 12.3. The number of fused-ring (bicyclic) bond motifs is 1. The summed E-state index contributed by atoms with van der Waals surface area (Å²) in [5.74, 6) is 0.0470. The molecule has 7 heteroatoms. The van der Waals surface area contributed by atoms with Crippen molar-refractivity contribution in [2.75, 3.05) is 19.8 Å². The van der Waals surface area contributed by atoms with Gasteiger partial charge in [-0.15, -0.1) is 0 Å². The van der Waals surface area contributed by atoms with E-state index in [4.69, 9.17) is 14.2 Å². The van der Waals surface area contributed by atoms with Crippen LogP contribution in [-0.4, -0.2) is 36.8 Å². The number of carbonyl (C=O) groups excluding carboxylic acids is 2. The number of phenols is 1. The van der Waals surface area contributed by atoms with Gasteiger partial charge in [0.2, 0.25) is 0 Å². The van der Waals surface area contributed by atoms with Gasteiger partial charge in [0, 0.05) is 0 Å². The molecule has 2 aromatic rings. The number of rotatable bonds is 6. The minimum atomic E-state index is -0.756. The normalized spacial score (nSPS) is 13.7. The number of benzene rings is 2. The topological polar surface area (TPSA) is 94.1 Å². The molecule has 1 aliphatic rings. The van der Waals surface area contributed by atoms with E-state index < -0.39 is 18.5 Å². The first-order valence-corrected chi connectivity index (χ1v) is 9.09. The third-order valence-corrected chi connectivity index (χ3v) is 4.37. The summed E-state index contributed by atoms with van der Waals surface area (Å²) in [5.41, 5.74) is 0.891. The second kappa shape index (κ2) is 8.65. The van der Waals surface area contributed by atoms with E-state index in [1.54, 1.807) is 12.1 Å². The van der Waals surface area contributed by atoms with E-state index in [0.717, 1.165) is 5.56 Å². The maximum Gasteiger partial charge on any atom is 0.342 e. The lowest BCUT2D eigenvalue weighted by Crippen LogP contribution is -2.35. The zero-order chi connectivity index (χ0) is 20.1. The average molecular weight is 385 g/mol. The Kier molecular flexibility index (Phi) is 6.03. The van der Waals surface area contributed by atoms with E-state index in [2.05, 4.69) is 5.32 Å². The first-order chi connectivity index (χ1) is 13.5. The highest BCUT2D eigenvalue weighted by molar-refractivity contribution is 5.93. The summed E-state index contributed by atoms with van der Waals surface area (Å²) in [5, 5.41) is 12.6. The lowest BCUT2D eigenvalue weighted by molar-refractivity contribution is -0.125. The highest BCUT2D eigenvalue weighted by Gasteiger charge is 2.22. The zero-order valence-corrected chi connectivity index (χ0v) is 15.8. The quantitative estimate of drug-likeness (QED) is 0.743. The van der Waals surface area contributed by atoms with Gasteiger partial charge in [0.15, 0.2) is 18.1 Å². The van der Waals surface area contributed by atoms with Gasteiger partial charge in [-0.2, -0.15) is 0 Å². The van der Waals surface area contributed by atoms with E-state index >= 15 is 0 Å². The van der Waals surface area contributed by atoms with Gasteiger partial charge in [0.1, 0.15) is 24.5 Å². The summed E-state index contributed by atoms with van der Waals surface area (Å²) in [6.07, 6.45) is 0. The predicted molar refractivity (Wildman–Crippen MR) is 102 cm³/mol. The Morgan fingerprint density at radius 1 is 1.11 bits per heavy atom. The molecule has 0 bridgehead atoms. The molecule has 0 radical (unpaired) electrons. The number of esters is 1.